The Hall–Kier alpha value is -2.47. The minimum Gasteiger partial charge on any atom is -0.507 e. The van der Waals surface area contributed by atoms with E-state index in [9.17, 15) is 19.1 Å². The quantitative estimate of drug-likeness (QED) is 0.493. The number of carbonyl (C=O) groups excluding carboxylic acids is 2. The van der Waals surface area contributed by atoms with Gasteiger partial charge in [0.05, 0.1) is 11.6 Å². The fraction of sp³-hybridized carbons (Fsp3) is 0.300. The predicted octanol–water partition coefficient (Wildman–Crippen LogP) is 4.34. The topological polar surface area (TPSA) is 57.6 Å². The molecule has 1 atom stereocenters. The van der Waals surface area contributed by atoms with Gasteiger partial charge in [-0.3, -0.25) is 9.59 Å². The normalized spacial score (nSPS) is 19.4. The van der Waals surface area contributed by atoms with Crippen LogP contribution < -0.4 is 0 Å². The average Bonchev–Trinajstić information content (AvgIpc) is 3.13. The fourth-order valence-corrected chi connectivity index (χ4v) is 4.28. The lowest BCUT2D eigenvalue weighted by atomic mass is 9.97. The van der Waals surface area contributed by atoms with Crippen molar-refractivity contribution in [3.8, 4) is 0 Å². The van der Waals surface area contributed by atoms with Crippen LogP contribution >= 0.6 is 11.3 Å². The van der Waals surface area contributed by atoms with E-state index in [1.165, 1.54) is 34.4 Å². The molecule has 6 heteroatoms. The first-order valence-corrected chi connectivity index (χ1v) is 9.33. The first-order valence-electron chi connectivity index (χ1n) is 8.45. The summed E-state index contributed by atoms with van der Waals surface area (Å²) >= 11 is 1.45. The number of Topliss-reactive ketones (excluding diaryl/α,β-unsaturated/α-hetero) is 1. The van der Waals surface area contributed by atoms with Crippen molar-refractivity contribution in [1.82, 2.24) is 4.90 Å². The molecule has 1 saturated heterocycles. The van der Waals surface area contributed by atoms with Crippen LogP contribution in [0.1, 0.15) is 41.0 Å². The summed E-state index contributed by atoms with van der Waals surface area (Å²) in [5.41, 5.74) is 1.72. The lowest BCUT2D eigenvalue weighted by Crippen LogP contribution is -2.30. The Morgan fingerprint density at radius 3 is 2.54 bits per heavy atom. The van der Waals surface area contributed by atoms with Gasteiger partial charge in [-0.2, -0.15) is 0 Å². The van der Waals surface area contributed by atoms with Crippen LogP contribution in [0.4, 0.5) is 4.39 Å². The highest BCUT2D eigenvalue weighted by molar-refractivity contribution is 7.10. The maximum Gasteiger partial charge on any atom is 0.295 e. The molecule has 1 fully saturated rings. The van der Waals surface area contributed by atoms with Crippen molar-refractivity contribution in [3.05, 3.63) is 62.6 Å². The monoisotopic (exact) mass is 373 g/mol. The Balaban J connectivity index is 2.21. The zero-order valence-corrected chi connectivity index (χ0v) is 15.7. The van der Waals surface area contributed by atoms with Gasteiger partial charge in [0, 0.05) is 17.0 Å². The summed E-state index contributed by atoms with van der Waals surface area (Å²) in [4.78, 5) is 27.6. The second-order valence-corrected chi connectivity index (χ2v) is 7.37. The van der Waals surface area contributed by atoms with Gasteiger partial charge in [0.2, 0.25) is 0 Å². The molecule has 1 aromatic carbocycles. The molecule has 26 heavy (non-hydrogen) atoms. The number of aliphatic hydroxyl groups excluding tert-OH is 1. The number of hydrogen-bond acceptors (Lipinski definition) is 4. The largest absolute Gasteiger partial charge is 0.507 e. The maximum absolute atomic E-state index is 13.6. The minimum atomic E-state index is -0.698. The lowest BCUT2D eigenvalue weighted by Gasteiger charge is -2.24. The molecule has 0 spiro atoms. The number of hydrogen-bond donors (Lipinski definition) is 1. The van der Waals surface area contributed by atoms with E-state index in [0.29, 0.717) is 24.1 Å². The van der Waals surface area contributed by atoms with Crippen molar-refractivity contribution in [1.29, 1.82) is 0 Å². The molecule has 1 unspecified atom stereocenters. The Kier molecular flexibility index (Phi) is 4.96. The van der Waals surface area contributed by atoms with Gasteiger partial charge in [-0.15, -0.1) is 11.3 Å². The molecular weight excluding hydrogens is 353 g/mol. The number of likely N-dealkylation sites (tertiary alicyclic amines) is 1. The number of carbonyl (C=O) groups is 2. The summed E-state index contributed by atoms with van der Waals surface area (Å²) in [6.45, 7) is 5.86. The van der Waals surface area contributed by atoms with Gasteiger partial charge in [0.25, 0.3) is 11.7 Å². The second kappa shape index (κ2) is 7.03. The summed E-state index contributed by atoms with van der Waals surface area (Å²) in [6.07, 6.45) is 0.698. The van der Waals surface area contributed by atoms with Crippen molar-refractivity contribution < 1.29 is 19.1 Å². The standard InChI is InChI=1S/C20H20FNO3S/c1-4-8-22-16(19-11(2)7-9-26-19)15(18(24)20(22)25)17(23)13-5-6-14(21)12(3)10-13/h5-7,9-10,16,23H,4,8H2,1-3H3/b17-15-. The zero-order valence-electron chi connectivity index (χ0n) is 14.9. The molecule has 0 saturated carbocycles. The van der Waals surface area contributed by atoms with E-state index in [1.807, 2.05) is 25.3 Å². The molecule has 3 rings (SSSR count). The van der Waals surface area contributed by atoms with Crippen LogP contribution in [0.5, 0.6) is 0 Å². The summed E-state index contributed by atoms with van der Waals surface area (Å²) in [7, 11) is 0. The van der Waals surface area contributed by atoms with Crippen LogP contribution in [0.2, 0.25) is 0 Å². The summed E-state index contributed by atoms with van der Waals surface area (Å²) in [6, 6.07) is 5.46. The zero-order chi connectivity index (χ0) is 19.0. The van der Waals surface area contributed by atoms with E-state index < -0.39 is 23.5 Å². The lowest BCUT2D eigenvalue weighted by molar-refractivity contribution is -0.139. The molecule has 1 aromatic heterocycles. The maximum atomic E-state index is 13.6. The molecule has 0 radical (unpaired) electrons. The number of nitrogens with zero attached hydrogens (tertiary/aromatic N) is 1. The third-order valence-electron chi connectivity index (χ3n) is 4.59. The van der Waals surface area contributed by atoms with Crippen molar-refractivity contribution in [2.75, 3.05) is 6.54 Å². The number of thiophene rings is 1. The molecule has 0 aliphatic carbocycles. The van der Waals surface area contributed by atoms with Crippen molar-refractivity contribution in [2.24, 2.45) is 0 Å². The molecule has 1 amide bonds. The van der Waals surface area contributed by atoms with Crippen LogP contribution in [-0.2, 0) is 9.59 Å². The number of amides is 1. The third-order valence-corrected chi connectivity index (χ3v) is 5.66. The van der Waals surface area contributed by atoms with E-state index in [1.54, 1.807) is 6.92 Å². The van der Waals surface area contributed by atoms with Gasteiger partial charge in [0.15, 0.2) is 0 Å². The SMILES string of the molecule is CCCN1C(=O)C(=O)/C(=C(\O)c2ccc(F)c(C)c2)C1c1sccc1C. The number of aliphatic hydroxyl groups is 1. The number of benzene rings is 1. The predicted molar refractivity (Wildman–Crippen MR) is 99.5 cm³/mol. The molecule has 2 heterocycles. The molecule has 1 aliphatic rings. The summed E-state index contributed by atoms with van der Waals surface area (Å²) < 4.78 is 13.6. The van der Waals surface area contributed by atoms with Crippen LogP contribution in [0.25, 0.3) is 5.76 Å². The van der Waals surface area contributed by atoms with Crippen molar-refractivity contribution >= 4 is 28.8 Å². The average molecular weight is 373 g/mol. The number of rotatable bonds is 4. The number of halogens is 1. The van der Waals surface area contributed by atoms with Crippen molar-refractivity contribution in [2.45, 2.75) is 33.2 Å². The van der Waals surface area contributed by atoms with E-state index in [4.69, 9.17) is 0 Å². The van der Waals surface area contributed by atoms with Gasteiger partial charge < -0.3 is 10.0 Å². The fourth-order valence-electron chi connectivity index (χ4n) is 3.24. The molecule has 2 aromatic rings. The Morgan fingerprint density at radius 1 is 1.23 bits per heavy atom. The van der Waals surface area contributed by atoms with Crippen LogP contribution in [0.3, 0.4) is 0 Å². The third kappa shape index (κ3) is 2.94. The van der Waals surface area contributed by atoms with Gasteiger partial charge in [-0.05, 0) is 61.0 Å². The van der Waals surface area contributed by atoms with Gasteiger partial charge in [-0.25, -0.2) is 4.39 Å². The van der Waals surface area contributed by atoms with Gasteiger partial charge in [0.1, 0.15) is 11.6 Å². The Bertz CT molecular complexity index is 916. The van der Waals surface area contributed by atoms with Gasteiger partial charge >= 0.3 is 0 Å². The first-order chi connectivity index (χ1) is 12.4. The molecule has 1 N–H and O–H groups in total. The smallest absolute Gasteiger partial charge is 0.295 e. The molecule has 136 valence electrons. The van der Waals surface area contributed by atoms with Crippen LogP contribution in [0.15, 0.2) is 35.2 Å². The van der Waals surface area contributed by atoms with E-state index in [0.717, 1.165) is 10.4 Å². The van der Waals surface area contributed by atoms with Crippen LogP contribution in [0, 0.1) is 19.7 Å². The van der Waals surface area contributed by atoms with E-state index in [2.05, 4.69) is 0 Å². The summed E-state index contributed by atoms with van der Waals surface area (Å²) in [5.74, 6) is -1.96. The Morgan fingerprint density at radius 2 is 1.96 bits per heavy atom. The van der Waals surface area contributed by atoms with Crippen LogP contribution in [-0.4, -0.2) is 28.2 Å². The molecular formula is C20H20FNO3S. The summed E-state index contributed by atoms with van der Waals surface area (Å²) in [5, 5.41) is 12.7. The second-order valence-electron chi connectivity index (χ2n) is 6.42. The first kappa shape index (κ1) is 18.3. The Labute approximate surface area is 155 Å². The highest BCUT2D eigenvalue weighted by Gasteiger charge is 2.46. The van der Waals surface area contributed by atoms with Crippen molar-refractivity contribution in [3.63, 3.8) is 0 Å². The van der Waals surface area contributed by atoms with E-state index in [-0.39, 0.29) is 11.3 Å². The number of aryl methyl sites for hydroxylation is 2. The highest BCUT2D eigenvalue weighted by atomic mass is 32.1. The highest BCUT2D eigenvalue weighted by Crippen LogP contribution is 2.42. The number of ketones is 1. The minimum absolute atomic E-state index is 0.0695. The van der Waals surface area contributed by atoms with E-state index >= 15 is 0 Å². The van der Waals surface area contributed by atoms with Gasteiger partial charge in [-0.1, -0.05) is 6.92 Å². The molecule has 4 nitrogen and oxygen atoms in total. The molecule has 1 aliphatic heterocycles. The molecule has 0 bridgehead atoms.